The molecule has 0 radical (unpaired) electrons. The number of halogens is 2. The molecule has 0 aliphatic heterocycles. The highest BCUT2D eigenvalue weighted by Crippen LogP contribution is 2.21. The van der Waals surface area contributed by atoms with Crippen molar-refractivity contribution >= 4 is 0 Å². The molecule has 0 saturated carbocycles. The Balaban J connectivity index is 3.04. The molecule has 0 heterocycles. The molecule has 0 aliphatic carbocycles. The first-order valence-electron chi connectivity index (χ1n) is 4.48. The lowest BCUT2D eigenvalue weighted by Gasteiger charge is -2.12. The van der Waals surface area contributed by atoms with Crippen LogP contribution in [-0.2, 0) is 0 Å². The number of aryl methyl sites for hydroxylation is 1. The van der Waals surface area contributed by atoms with Crippen molar-refractivity contribution in [1.82, 2.24) is 0 Å². The monoisotopic (exact) mass is 200 g/mol. The van der Waals surface area contributed by atoms with E-state index >= 15 is 0 Å². The van der Waals surface area contributed by atoms with Crippen LogP contribution in [0.3, 0.4) is 0 Å². The molecule has 14 heavy (non-hydrogen) atoms. The van der Waals surface area contributed by atoms with E-state index in [1.165, 1.54) is 19.1 Å². The summed E-state index contributed by atoms with van der Waals surface area (Å²) >= 11 is 0. The highest BCUT2D eigenvalue weighted by molar-refractivity contribution is 5.27. The van der Waals surface area contributed by atoms with E-state index in [0.29, 0.717) is 13.0 Å². The molecule has 1 aromatic rings. The zero-order valence-corrected chi connectivity index (χ0v) is 8.06. The van der Waals surface area contributed by atoms with E-state index in [4.69, 9.17) is 11.5 Å². The first-order chi connectivity index (χ1) is 6.57. The van der Waals surface area contributed by atoms with Crippen LogP contribution in [-0.4, -0.2) is 6.54 Å². The molecule has 1 aromatic carbocycles. The highest BCUT2D eigenvalue weighted by atomic mass is 19.2. The second-order valence-electron chi connectivity index (χ2n) is 3.28. The van der Waals surface area contributed by atoms with Crippen molar-refractivity contribution in [2.45, 2.75) is 19.4 Å². The van der Waals surface area contributed by atoms with Gasteiger partial charge in [0, 0.05) is 11.6 Å². The predicted molar refractivity (Wildman–Crippen MR) is 51.7 cm³/mol. The minimum atomic E-state index is -0.856. The van der Waals surface area contributed by atoms with E-state index in [-0.39, 0.29) is 11.1 Å². The van der Waals surface area contributed by atoms with Gasteiger partial charge in [-0.3, -0.25) is 0 Å². The Morgan fingerprint density at radius 2 is 1.93 bits per heavy atom. The van der Waals surface area contributed by atoms with Gasteiger partial charge >= 0.3 is 0 Å². The largest absolute Gasteiger partial charge is 0.330 e. The van der Waals surface area contributed by atoms with Crippen LogP contribution in [0.15, 0.2) is 12.1 Å². The molecule has 0 unspecified atom stereocenters. The quantitative estimate of drug-likeness (QED) is 0.779. The summed E-state index contributed by atoms with van der Waals surface area (Å²) in [5, 5.41) is 0. The Kier molecular flexibility index (Phi) is 3.55. The normalized spacial score (nSPS) is 12.9. The third kappa shape index (κ3) is 2.08. The van der Waals surface area contributed by atoms with Crippen molar-refractivity contribution in [2.75, 3.05) is 6.54 Å². The molecule has 1 rings (SSSR count). The molecule has 0 aromatic heterocycles. The van der Waals surface area contributed by atoms with E-state index in [2.05, 4.69) is 0 Å². The van der Waals surface area contributed by atoms with Crippen LogP contribution in [0.2, 0.25) is 0 Å². The second kappa shape index (κ2) is 4.48. The van der Waals surface area contributed by atoms with Gasteiger partial charge in [0.2, 0.25) is 0 Å². The van der Waals surface area contributed by atoms with E-state index in [0.717, 1.165) is 0 Å². The fourth-order valence-corrected chi connectivity index (χ4v) is 1.28. The maximum Gasteiger partial charge on any atom is 0.163 e. The Hall–Kier alpha value is -1.00. The van der Waals surface area contributed by atoms with Gasteiger partial charge in [-0.05, 0) is 25.5 Å². The molecule has 78 valence electrons. The molecule has 4 N–H and O–H groups in total. The van der Waals surface area contributed by atoms with Crippen molar-refractivity contribution in [3.63, 3.8) is 0 Å². The van der Waals surface area contributed by atoms with Crippen LogP contribution >= 0.6 is 0 Å². The van der Waals surface area contributed by atoms with Crippen LogP contribution < -0.4 is 11.5 Å². The first kappa shape index (κ1) is 11.1. The van der Waals surface area contributed by atoms with Crippen molar-refractivity contribution in [3.05, 3.63) is 34.9 Å². The minimum Gasteiger partial charge on any atom is -0.330 e. The fraction of sp³-hybridized carbons (Fsp3) is 0.400. The van der Waals surface area contributed by atoms with Crippen LogP contribution in [0, 0.1) is 18.6 Å². The first-order valence-corrected chi connectivity index (χ1v) is 4.48. The Morgan fingerprint density at radius 3 is 2.50 bits per heavy atom. The maximum absolute atomic E-state index is 13.3. The summed E-state index contributed by atoms with van der Waals surface area (Å²) in [5.41, 5.74) is 11.4. The summed E-state index contributed by atoms with van der Waals surface area (Å²) in [7, 11) is 0. The van der Waals surface area contributed by atoms with Gasteiger partial charge in [0.15, 0.2) is 11.6 Å². The van der Waals surface area contributed by atoms with Gasteiger partial charge < -0.3 is 11.5 Å². The van der Waals surface area contributed by atoms with E-state index < -0.39 is 17.7 Å². The van der Waals surface area contributed by atoms with Crippen LogP contribution in [0.4, 0.5) is 8.78 Å². The summed E-state index contributed by atoms with van der Waals surface area (Å²) in [4.78, 5) is 0. The van der Waals surface area contributed by atoms with Crippen LogP contribution in [0.5, 0.6) is 0 Å². The highest BCUT2D eigenvalue weighted by Gasteiger charge is 2.15. The van der Waals surface area contributed by atoms with Gasteiger partial charge in [-0.25, -0.2) is 8.78 Å². The maximum atomic E-state index is 13.3. The van der Waals surface area contributed by atoms with E-state index in [9.17, 15) is 8.78 Å². The number of hydrogen-bond acceptors (Lipinski definition) is 2. The summed E-state index contributed by atoms with van der Waals surface area (Å²) in [6, 6.07) is 2.49. The van der Waals surface area contributed by atoms with Gasteiger partial charge in [-0.2, -0.15) is 0 Å². The van der Waals surface area contributed by atoms with Crippen LogP contribution in [0.25, 0.3) is 0 Å². The van der Waals surface area contributed by atoms with Crippen molar-refractivity contribution in [2.24, 2.45) is 11.5 Å². The molecule has 1 atom stereocenters. The predicted octanol–water partition coefficient (Wildman–Crippen LogP) is 1.62. The topological polar surface area (TPSA) is 52.0 Å². The van der Waals surface area contributed by atoms with Crippen molar-refractivity contribution in [1.29, 1.82) is 0 Å². The molecular formula is C10H14F2N2. The summed E-state index contributed by atoms with van der Waals surface area (Å²) in [6.45, 7) is 1.87. The molecule has 2 nitrogen and oxygen atoms in total. The zero-order chi connectivity index (χ0) is 10.7. The average Bonchev–Trinajstić information content (AvgIpc) is 2.15. The van der Waals surface area contributed by atoms with Gasteiger partial charge in [-0.15, -0.1) is 0 Å². The Bertz CT molecular complexity index is 326. The minimum absolute atomic E-state index is 0.193. The van der Waals surface area contributed by atoms with Gasteiger partial charge in [0.05, 0.1) is 0 Å². The van der Waals surface area contributed by atoms with Gasteiger partial charge in [-0.1, -0.05) is 12.1 Å². The Morgan fingerprint density at radius 1 is 1.29 bits per heavy atom. The Labute approximate surface area is 81.9 Å². The van der Waals surface area contributed by atoms with E-state index in [1.54, 1.807) is 0 Å². The SMILES string of the molecule is Cc1ccc([C@@H](N)CCN)c(F)c1F. The van der Waals surface area contributed by atoms with Crippen molar-refractivity contribution in [3.8, 4) is 0 Å². The molecule has 0 bridgehead atoms. The number of benzene rings is 1. The molecular weight excluding hydrogens is 186 g/mol. The molecule has 0 saturated heterocycles. The fourth-order valence-electron chi connectivity index (χ4n) is 1.28. The van der Waals surface area contributed by atoms with Gasteiger partial charge in [0.25, 0.3) is 0 Å². The number of rotatable bonds is 3. The van der Waals surface area contributed by atoms with Crippen LogP contribution in [0.1, 0.15) is 23.6 Å². The lowest BCUT2D eigenvalue weighted by molar-refractivity contribution is 0.480. The van der Waals surface area contributed by atoms with Gasteiger partial charge in [0.1, 0.15) is 0 Å². The lowest BCUT2D eigenvalue weighted by Crippen LogP contribution is -2.17. The molecule has 0 amide bonds. The molecule has 0 spiro atoms. The third-order valence-electron chi connectivity index (χ3n) is 2.18. The molecule has 4 heteroatoms. The third-order valence-corrected chi connectivity index (χ3v) is 2.18. The number of nitrogens with two attached hydrogens (primary N) is 2. The smallest absolute Gasteiger partial charge is 0.163 e. The second-order valence-corrected chi connectivity index (χ2v) is 3.28. The summed E-state index contributed by atoms with van der Waals surface area (Å²) < 4.78 is 26.5. The molecule has 0 fully saturated rings. The van der Waals surface area contributed by atoms with Crippen molar-refractivity contribution < 1.29 is 8.78 Å². The van der Waals surface area contributed by atoms with E-state index in [1.807, 2.05) is 0 Å². The standard InChI is InChI=1S/C10H14F2N2/c1-6-2-3-7(8(14)4-5-13)10(12)9(6)11/h2-3,8H,4-5,13-14H2,1H3/t8-/m0/s1. The molecule has 0 aliphatic rings. The summed E-state index contributed by atoms with van der Waals surface area (Å²) in [5.74, 6) is -1.68. The lowest BCUT2D eigenvalue weighted by atomic mass is 10.0. The summed E-state index contributed by atoms with van der Waals surface area (Å²) in [6.07, 6.45) is 0.444. The number of hydrogen-bond donors (Lipinski definition) is 2. The average molecular weight is 200 g/mol. The zero-order valence-electron chi connectivity index (χ0n) is 8.06.